The highest BCUT2D eigenvalue weighted by Gasteiger charge is 2.44. The summed E-state index contributed by atoms with van der Waals surface area (Å²) < 4.78 is 0. The highest BCUT2D eigenvalue weighted by molar-refractivity contribution is 5.98. The summed E-state index contributed by atoms with van der Waals surface area (Å²) in [4.78, 5) is 27.8. The monoisotopic (exact) mass is 260 g/mol. The summed E-state index contributed by atoms with van der Waals surface area (Å²) in [5.74, 6) is -0.0950. The van der Waals surface area contributed by atoms with Crippen LogP contribution in [-0.2, 0) is 4.79 Å². The second-order valence-electron chi connectivity index (χ2n) is 6.04. The third kappa shape index (κ3) is 2.48. The molecule has 1 atom stereocenters. The molecule has 19 heavy (non-hydrogen) atoms. The van der Waals surface area contributed by atoms with Crippen molar-refractivity contribution in [3.8, 4) is 0 Å². The van der Waals surface area contributed by atoms with Crippen LogP contribution in [0.3, 0.4) is 0 Å². The minimum absolute atomic E-state index is 0.00999. The van der Waals surface area contributed by atoms with Gasteiger partial charge in [0.05, 0.1) is 0 Å². The topological polar surface area (TPSA) is 40.6 Å². The van der Waals surface area contributed by atoms with Crippen LogP contribution in [0.1, 0.15) is 31.1 Å². The molecule has 1 saturated heterocycles. The van der Waals surface area contributed by atoms with Crippen molar-refractivity contribution in [2.24, 2.45) is 5.41 Å². The molecule has 0 saturated carbocycles. The fourth-order valence-electron chi connectivity index (χ4n) is 2.67. The molecular weight excluding hydrogens is 240 g/mol. The lowest BCUT2D eigenvalue weighted by Gasteiger charge is -2.37. The second-order valence-corrected chi connectivity index (χ2v) is 6.04. The van der Waals surface area contributed by atoms with Crippen LogP contribution in [-0.4, -0.2) is 41.4 Å². The van der Waals surface area contributed by atoms with Gasteiger partial charge in [-0.1, -0.05) is 39.0 Å². The maximum atomic E-state index is 12.5. The average Bonchev–Trinajstić information content (AvgIpc) is 2.65. The first kappa shape index (κ1) is 13.6. The maximum Gasteiger partial charge on any atom is 0.255 e. The Morgan fingerprint density at radius 3 is 2.32 bits per heavy atom. The number of benzene rings is 1. The van der Waals surface area contributed by atoms with E-state index in [-0.39, 0.29) is 29.9 Å². The predicted octanol–water partition coefficient (Wildman–Crippen LogP) is 1.97. The molecule has 0 radical (unpaired) electrons. The number of amides is 2. The zero-order valence-electron chi connectivity index (χ0n) is 11.9. The van der Waals surface area contributed by atoms with E-state index in [0.717, 1.165) is 0 Å². The van der Waals surface area contributed by atoms with Crippen LogP contribution in [0.15, 0.2) is 30.3 Å². The summed E-state index contributed by atoms with van der Waals surface area (Å²) in [6, 6.07) is 9.11. The summed E-state index contributed by atoms with van der Waals surface area (Å²) in [5.41, 5.74) is 0.450. The Morgan fingerprint density at radius 2 is 1.79 bits per heavy atom. The van der Waals surface area contributed by atoms with Gasteiger partial charge in [0.1, 0.15) is 12.7 Å². The van der Waals surface area contributed by atoms with Crippen molar-refractivity contribution in [2.45, 2.75) is 26.9 Å². The fourth-order valence-corrected chi connectivity index (χ4v) is 2.67. The molecule has 4 nitrogen and oxygen atoms in total. The Balaban J connectivity index is 2.33. The molecule has 1 aromatic carbocycles. The molecule has 1 fully saturated rings. The first-order valence-electron chi connectivity index (χ1n) is 6.44. The van der Waals surface area contributed by atoms with Gasteiger partial charge in [-0.05, 0) is 12.1 Å². The smallest absolute Gasteiger partial charge is 0.255 e. The van der Waals surface area contributed by atoms with Crippen molar-refractivity contribution in [3.63, 3.8) is 0 Å². The lowest BCUT2D eigenvalue weighted by Crippen LogP contribution is -2.49. The molecule has 1 aliphatic heterocycles. The third-order valence-electron chi connectivity index (χ3n) is 3.42. The highest BCUT2D eigenvalue weighted by Crippen LogP contribution is 2.31. The van der Waals surface area contributed by atoms with Crippen LogP contribution in [0, 0.1) is 5.41 Å². The minimum atomic E-state index is -0.201. The van der Waals surface area contributed by atoms with E-state index in [2.05, 4.69) is 0 Å². The Kier molecular flexibility index (Phi) is 3.35. The van der Waals surface area contributed by atoms with E-state index < -0.39 is 0 Å². The van der Waals surface area contributed by atoms with Crippen molar-refractivity contribution in [1.82, 2.24) is 9.80 Å². The van der Waals surface area contributed by atoms with Gasteiger partial charge < -0.3 is 9.80 Å². The zero-order chi connectivity index (χ0) is 14.2. The van der Waals surface area contributed by atoms with Gasteiger partial charge in [-0.3, -0.25) is 9.59 Å². The number of likely N-dealkylation sites (N-methyl/N-ethyl adjacent to an activating group) is 1. The number of carbonyl (C=O) groups excluding carboxylic acids is 2. The summed E-state index contributed by atoms with van der Waals surface area (Å²) in [6.07, 6.45) is -0.201. The van der Waals surface area contributed by atoms with Crippen molar-refractivity contribution in [2.75, 3.05) is 13.6 Å². The van der Waals surface area contributed by atoms with Crippen molar-refractivity contribution < 1.29 is 9.59 Å². The third-order valence-corrected chi connectivity index (χ3v) is 3.42. The van der Waals surface area contributed by atoms with Crippen LogP contribution < -0.4 is 0 Å². The number of nitrogens with zero attached hydrogens (tertiary/aromatic N) is 2. The first-order chi connectivity index (χ1) is 8.82. The number of rotatable bonds is 1. The van der Waals surface area contributed by atoms with Crippen LogP contribution in [0.2, 0.25) is 0 Å². The number of hydrogen-bond acceptors (Lipinski definition) is 2. The molecule has 1 aliphatic rings. The average molecular weight is 260 g/mol. The van der Waals surface area contributed by atoms with Crippen molar-refractivity contribution in [1.29, 1.82) is 0 Å². The van der Waals surface area contributed by atoms with Crippen LogP contribution in [0.4, 0.5) is 0 Å². The Bertz CT molecular complexity index is 491. The molecule has 2 amide bonds. The predicted molar refractivity (Wildman–Crippen MR) is 73.5 cm³/mol. The molecule has 102 valence electrons. The highest BCUT2D eigenvalue weighted by atomic mass is 16.2. The maximum absolute atomic E-state index is 12.5. The lowest BCUT2D eigenvalue weighted by atomic mass is 9.91. The second kappa shape index (κ2) is 4.68. The Morgan fingerprint density at radius 1 is 1.21 bits per heavy atom. The van der Waals surface area contributed by atoms with E-state index in [9.17, 15) is 9.59 Å². The SMILES string of the molecule is CN1C(=O)CN(C(=O)c2ccccc2)[C@H]1C(C)(C)C. The first-order valence-corrected chi connectivity index (χ1v) is 6.44. The van der Waals surface area contributed by atoms with E-state index in [1.54, 1.807) is 29.0 Å². The molecule has 1 aromatic rings. The molecule has 0 N–H and O–H groups in total. The molecule has 0 unspecified atom stereocenters. The quantitative estimate of drug-likeness (QED) is 0.774. The van der Waals surface area contributed by atoms with E-state index in [0.29, 0.717) is 5.56 Å². The minimum Gasteiger partial charge on any atom is -0.323 e. The van der Waals surface area contributed by atoms with E-state index in [1.165, 1.54) is 0 Å². The van der Waals surface area contributed by atoms with Gasteiger partial charge >= 0.3 is 0 Å². The molecule has 0 spiro atoms. The number of hydrogen-bond donors (Lipinski definition) is 0. The van der Waals surface area contributed by atoms with Crippen molar-refractivity contribution >= 4 is 11.8 Å². The summed E-state index contributed by atoms with van der Waals surface area (Å²) in [6.45, 7) is 6.28. The molecule has 0 aliphatic carbocycles. The Hall–Kier alpha value is -1.84. The molecule has 4 heteroatoms. The van der Waals surface area contributed by atoms with Gasteiger partial charge in [0.15, 0.2) is 0 Å². The van der Waals surface area contributed by atoms with E-state index in [4.69, 9.17) is 0 Å². The molecular formula is C15H20N2O2. The van der Waals surface area contributed by atoms with Gasteiger partial charge in [-0.15, -0.1) is 0 Å². The molecule has 0 bridgehead atoms. The molecule has 0 aromatic heterocycles. The Labute approximate surface area is 114 Å². The summed E-state index contributed by atoms with van der Waals surface area (Å²) in [7, 11) is 1.76. The molecule has 1 heterocycles. The fraction of sp³-hybridized carbons (Fsp3) is 0.467. The van der Waals surface area contributed by atoms with Gasteiger partial charge in [0.2, 0.25) is 5.91 Å². The van der Waals surface area contributed by atoms with Gasteiger partial charge in [-0.25, -0.2) is 0 Å². The summed E-state index contributed by atoms with van der Waals surface area (Å²) >= 11 is 0. The van der Waals surface area contributed by atoms with E-state index >= 15 is 0 Å². The van der Waals surface area contributed by atoms with Crippen molar-refractivity contribution in [3.05, 3.63) is 35.9 Å². The summed E-state index contributed by atoms with van der Waals surface area (Å²) in [5, 5.41) is 0. The largest absolute Gasteiger partial charge is 0.323 e. The standard InChI is InChI=1S/C15H20N2O2/c1-15(2,3)14-16(4)12(18)10-17(14)13(19)11-8-6-5-7-9-11/h5-9,14H,10H2,1-4H3/t14-/m0/s1. The van der Waals surface area contributed by atoms with Gasteiger partial charge in [0.25, 0.3) is 5.91 Å². The van der Waals surface area contributed by atoms with E-state index in [1.807, 2.05) is 39.0 Å². The normalized spacial score (nSPS) is 20.0. The molecule has 2 rings (SSSR count). The van der Waals surface area contributed by atoms with Crippen LogP contribution in [0.25, 0.3) is 0 Å². The van der Waals surface area contributed by atoms with Gasteiger partial charge in [-0.2, -0.15) is 0 Å². The zero-order valence-corrected chi connectivity index (χ0v) is 11.9. The van der Waals surface area contributed by atoms with Crippen LogP contribution in [0.5, 0.6) is 0 Å². The number of carbonyl (C=O) groups is 2. The van der Waals surface area contributed by atoms with Crippen LogP contribution >= 0.6 is 0 Å². The lowest BCUT2D eigenvalue weighted by molar-refractivity contribution is -0.127. The van der Waals surface area contributed by atoms with Gasteiger partial charge in [0, 0.05) is 18.0 Å².